The Balaban J connectivity index is 0.000000364. The monoisotopic (exact) mass is 194 g/mol. The number of hydrogen-bond donors (Lipinski definition) is 0. The molecular formula is C12H18O2. The highest BCUT2D eigenvalue weighted by molar-refractivity contribution is 5.48. The smallest absolute Gasteiger partial charge is 0.119 e. The Bertz CT molecular complexity index is 219. The molecule has 0 N–H and O–H groups in total. The summed E-state index contributed by atoms with van der Waals surface area (Å²) in [6.07, 6.45) is 1.51. The van der Waals surface area contributed by atoms with Gasteiger partial charge in [-0.05, 0) is 12.5 Å². The van der Waals surface area contributed by atoms with Gasteiger partial charge in [0.15, 0.2) is 0 Å². The minimum atomic E-state index is 0.639. The van der Waals surface area contributed by atoms with Crippen molar-refractivity contribution in [3.05, 3.63) is 35.9 Å². The second kappa shape index (κ2) is 9.93. The van der Waals surface area contributed by atoms with Gasteiger partial charge in [0.05, 0.1) is 6.61 Å². The number of carbonyl (C=O) groups excluding carboxylic acids is 1. The molecule has 14 heavy (non-hydrogen) atoms. The Labute approximate surface area is 85.9 Å². The maximum atomic E-state index is 9.17. The fourth-order valence-corrected chi connectivity index (χ4v) is 0.794. The van der Waals surface area contributed by atoms with Gasteiger partial charge in [-0.3, -0.25) is 0 Å². The lowest BCUT2D eigenvalue weighted by molar-refractivity contribution is -0.107. The van der Waals surface area contributed by atoms with E-state index in [-0.39, 0.29) is 0 Å². The quantitative estimate of drug-likeness (QED) is 0.689. The third kappa shape index (κ3) is 7.50. The molecule has 0 aliphatic carbocycles. The van der Waals surface area contributed by atoms with E-state index in [9.17, 15) is 4.79 Å². The van der Waals surface area contributed by atoms with Crippen molar-refractivity contribution in [3.63, 3.8) is 0 Å². The van der Waals surface area contributed by atoms with Crippen molar-refractivity contribution >= 4 is 6.29 Å². The number of ether oxygens (including phenoxy) is 1. The lowest BCUT2D eigenvalue weighted by Gasteiger charge is -1.98. The Hall–Kier alpha value is -1.15. The predicted octanol–water partition coefficient (Wildman–Crippen LogP) is 2.82. The van der Waals surface area contributed by atoms with Crippen molar-refractivity contribution < 1.29 is 9.53 Å². The Morgan fingerprint density at radius 2 is 1.79 bits per heavy atom. The zero-order chi connectivity index (χ0) is 10.6. The molecule has 2 heteroatoms. The van der Waals surface area contributed by atoms with E-state index >= 15 is 0 Å². The summed E-state index contributed by atoms with van der Waals surface area (Å²) in [4.78, 5) is 9.17. The van der Waals surface area contributed by atoms with Gasteiger partial charge < -0.3 is 9.53 Å². The molecule has 78 valence electrons. The molecular weight excluding hydrogens is 176 g/mol. The van der Waals surface area contributed by atoms with E-state index < -0.39 is 0 Å². The highest BCUT2D eigenvalue weighted by atomic mass is 16.5. The van der Waals surface area contributed by atoms with E-state index in [1.54, 1.807) is 0 Å². The number of benzene rings is 1. The van der Waals surface area contributed by atoms with Crippen LogP contribution in [0.1, 0.15) is 25.8 Å². The number of hydrogen-bond acceptors (Lipinski definition) is 2. The molecule has 1 aromatic carbocycles. The highest BCUT2D eigenvalue weighted by Crippen LogP contribution is 1.99. The molecule has 1 rings (SSSR count). The molecule has 0 unspecified atom stereocenters. The van der Waals surface area contributed by atoms with Gasteiger partial charge in [-0.1, -0.05) is 37.3 Å². The van der Waals surface area contributed by atoms with E-state index in [1.807, 2.05) is 32.0 Å². The van der Waals surface area contributed by atoms with Crippen LogP contribution in [0.3, 0.4) is 0 Å². The van der Waals surface area contributed by atoms with Gasteiger partial charge >= 0.3 is 0 Å². The van der Waals surface area contributed by atoms with E-state index in [0.717, 1.165) is 19.5 Å². The minimum Gasteiger partial charge on any atom is -0.377 e. The lowest BCUT2D eigenvalue weighted by atomic mass is 10.2. The highest BCUT2D eigenvalue weighted by Gasteiger charge is 1.86. The summed E-state index contributed by atoms with van der Waals surface area (Å²) < 4.78 is 5.22. The van der Waals surface area contributed by atoms with Crippen molar-refractivity contribution in [1.29, 1.82) is 0 Å². The van der Waals surface area contributed by atoms with E-state index in [4.69, 9.17) is 4.74 Å². The standard InChI is InChI=1S/C9H12O.C3H6O/c1-2-10-8-9-6-4-3-5-7-9;1-2-3-4/h3-7H,2,8H2,1H3;3H,2H2,1H3. The third-order valence-electron chi connectivity index (χ3n) is 1.48. The van der Waals surface area contributed by atoms with Crippen LogP contribution >= 0.6 is 0 Å². The molecule has 0 atom stereocenters. The van der Waals surface area contributed by atoms with Crippen LogP contribution in [0.2, 0.25) is 0 Å². The molecule has 0 fully saturated rings. The Kier molecular flexibility index (Phi) is 9.12. The molecule has 0 amide bonds. The van der Waals surface area contributed by atoms with Crippen LogP contribution in [0.5, 0.6) is 0 Å². The molecule has 0 saturated carbocycles. The maximum absolute atomic E-state index is 9.17. The van der Waals surface area contributed by atoms with Crippen LogP contribution in [-0.4, -0.2) is 12.9 Å². The first-order valence-corrected chi connectivity index (χ1v) is 4.90. The van der Waals surface area contributed by atoms with Crippen LogP contribution in [-0.2, 0) is 16.1 Å². The summed E-state index contributed by atoms with van der Waals surface area (Å²) in [5.74, 6) is 0. The van der Waals surface area contributed by atoms with Crippen LogP contribution in [0.15, 0.2) is 30.3 Å². The summed E-state index contributed by atoms with van der Waals surface area (Å²) in [7, 11) is 0. The fourth-order valence-electron chi connectivity index (χ4n) is 0.794. The molecule has 0 bridgehead atoms. The largest absolute Gasteiger partial charge is 0.377 e. The van der Waals surface area contributed by atoms with Crippen molar-refractivity contribution in [2.45, 2.75) is 26.9 Å². The first kappa shape index (κ1) is 12.8. The Morgan fingerprint density at radius 1 is 1.21 bits per heavy atom. The molecule has 0 saturated heterocycles. The van der Waals surface area contributed by atoms with E-state index in [0.29, 0.717) is 6.42 Å². The molecule has 0 aromatic heterocycles. The normalized spacial score (nSPS) is 8.71. The van der Waals surface area contributed by atoms with Crippen molar-refractivity contribution in [3.8, 4) is 0 Å². The van der Waals surface area contributed by atoms with Crippen LogP contribution in [0, 0.1) is 0 Å². The second-order valence-corrected chi connectivity index (χ2v) is 2.70. The van der Waals surface area contributed by atoms with E-state index in [2.05, 4.69) is 12.1 Å². The second-order valence-electron chi connectivity index (χ2n) is 2.70. The molecule has 0 spiro atoms. The average Bonchev–Trinajstić information content (AvgIpc) is 2.28. The lowest BCUT2D eigenvalue weighted by Crippen LogP contribution is -1.90. The van der Waals surface area contributed by atoms with Crippen LogP contribution < -0.4 is 0 Å². The number of carbonyl (C=O) groups is 1. The summed E-state index contributed by atoms with van der Waals surface area (Å²) in [6.45, 7) is 5.34. The first-order chi connectivity index (χ1) is 6.85. The number of rotatable bonds is 4. The van der Waals surface area contributed by atoms with Gasteiger partial charge in [-0.15, -0.1) is 0 Å². The molecule has 0 aliphatic rings. The summed E-state index contributed by atoms with van der Waals surface area (Å²) in [6, 6.07) is 10.2. The molecule has 1 aromatic rings. The van der Waals surface area contributed by atoms with Crippen LogP contribution in [0.4, 0.5) is 0 Å². The molecule has 0 radical (unpaired) electrons. The van der Waals surface area contributed by atoms with Gasteiger partial charge in [-0.2, -0.15) is 0 Å². The maximum Gasteiger partial charge on any atom is 0.119 e. The van der Waals surface area contributed by atoms with Crippen LogP contribution in [0.25, 0.3) is 0 Å². The third-order valence-corrected chi connectivity index (χ3v) is 1.48. The molecule has 0 heterocycles. The predicted molar refractivity (Wildman–Crippen MR) is 58.1 cm³/mol. The SMILES string of the molecule is CCC=O.CCOCc1ccccc1. The molecule has 0 aliphatic heterocycles. The topological polar surface area (TPSA) is 26.3 Å². The van der Waals surface area contributed by atoms with E-state index in [1.165, 1.54) is 5.56 Å². The Morgan fingerprint density at radius 3 is 2.21 bits per heavy atom. The van der Waals surface area contributed by atoms with Gasteiger partial charge in [0.1, 0.15) is 6.29 Å². The van der Waals surface area contributed by atoms with Gasteiger partial charge in [0, 0.05) is 13.0 Å². The van der Waals surface area contributed by atoms with Gasteiger partial charge in [0.25, 0.3) is 0 Å². The summed E-state index contributed by atoms with van der Waals surface area (Å²) >= 11 is 0. The first-order valence-electron chi connectivity index (χ1n) is 4.90. The fraction of sp³-hybridized carbons (Fsp3) is 0.417. The van der Waals surface area contributed by atoms with Crippen molar-refractivity contribution in [2.75, 3.05) is 6.61 Å². The molecule has 2 nitrogen and oxygen atoms in total. The summed E-state index contributed by atoms with van der Waals surface area (Å²) in [5.41, 5.74) is 1.24. The zero-order valence-corrected chi connectivity index (χ0v) is 8.90. The zero-order valence-electron chi connectivity index (χ0n) is 8.90. The van der Waals surface area contributed by atoms with Gasteiger partial charge in [-0.25, -0.2) is 0 Å². The average molecular weight is 194 g/mol. The number of aldehydes is 1. The van der Waals surface area contributed by atoms with Crippen molar-refractivity contribution in [1.82, 2.24) is 0 Å². The summed E-state index contributed by atoms with van der Waals surface area (Å²) in [5, 5.41) is 0. The van der Waals surface area contributed by atoms with Gasteiger partial charge in [0.2, 0.25) is 0 Å². The van der Waals surface area contributed by atoms with Crippen molar-refractivity contribution in [2.24, 2.45) is 0 Å². The minimum absolute atomic E-state index is 0.639.